The summed E-state index contributed by atoms with van der Waals surface area (Å²) in [6, 6.07) is 17.2. The van der Waals surface area contributed by atoms with Crippen molar-refractivity contribution in [3.63, 3.8) is 0 Å². The van der Waals surface area contributed by atoms with E-state index in [2.05, 4.69) is 25.6 Å². The highest BCUT2D eigenvalue weighted by Gasteiger charge is 2.18. The largest absolute Gasteiger partial charge is 0.485 e. The number of carboxylic acid groups (broad SMARTS) is 1. The number of pyridine rings is 1. The van der Waals surface area contributed by atoms with Gasteiger partial charge in [-0.25, -0.2) is 4.98 Å². The summed E-state index contributed by atoms with van der Waals surface area (Å²) in [4.78, 5) is 34.8. The summed E-state index contributed by atoms with van der Waals surface area (Å²) in [6.45, 7) is 0. The van der Waals surface area contributed by atoms with Crippen LogP contribution >= 0.6 is 0 Å². The molecule has 9 heteroatoms. The Morgan fingerprint density at radius 2 is 1.76 bits per heavy atom. The molecule has 4 rings (SSSR count). The normalized spacial score (nSPS) is 11.4. The SMILES string of the molecule is O=C(O)CC(Oc1ccc(NC(=O)c2ccc(Nc3ncc[nH]3)cc2)cc1)c1cccnc1. The maximum atomic E-state index is 12.6. The third kappa shape index (κ3) is 5.95. The van der Waals surface area contributed by atoms with Crippen LogP contribution in [-0.2, 0) is 4.79 Å². The average molecular weight is 443 g/mol. The molecule has 0 saturated heterocycles. The van der Waals surface area contributed by atoms with E-state index in [1.807, 2.05) is 0 Å². The number of aliphatic carboxylic acids is 1. The molecule has 2 aromatic heterocycles. The summed E-state index contributed by atoms with van der Waals surface area (Å²) >= 11 is 0. The third-order valence-electron chi connectivity index (χ3n) is 4.71. The lowest BCUT2D eigenvalue weighted by molar-refractivity contribution is -0.138. The summed E-state index contributed by atoms with van der Waals surface area (Å²) < 4.78 is 5.86. The fraction of sp³-hybridized carbons (Fsp3) is 0.0833. The van der Waals surface area contributed by atoms with E-state index in [0.29, 0.717) is 28.5 Å². The molecule has 1 atom stereocenters. The van der Waals surface area contributed by atoms with Crippen molar-refractivity contribution in [2.24, 2.45) is 0 Å². The minimum atomic E-state index is -0.974. The number of rotatable bonds is 9. The first-order valence-electron chi connectivity index (χ1n) is 10.1. The summed E-state index contributed by atoms with van der Waals surface area (Å²) in [7, 11) is 0. The number of anilines is 3. The van der Waals surface area contributed by atoms with Crippen molar-refractivity contribution in [3.8, 4) is 5.75 Å². The van der Waals surface area contributed by atoms with Gasteiger partial charge < -0.3 is 25.5 Å². The number of carboxylic acids is 1. The zero-order valence-electron chi connectivity index (χ0n) is 17.4. The maximum absolute atomic E-state index is 12.6. The lowest BCUT2D eigenvalue weighted by atomic mass is 10.1. The Morgan fingerprint density at radius 1 is 1.00 bits per heavy atom. The molecule has 166 valence electrons. The Labute approximate surface area is 189 Å². The van der Waals surface area contributed by atoms with Gasteiger partial charge in [0.25, 0.3) is 5.91 Å². The van der Waals surface area contributed by atoms with Gasteiger partial charge in [0.05, 0.1) is 6.42 Å². The molecule has 2 heterocycles. The van der Waals surface area contributed by atoms with E-state index in [-0.39, 0.29) is 12.3 Å². The number of hydrogen-bond acceptors (Lipinski definition) is 6. The molecule has 0 bridgehead atoms. The van der Waals surface area contributed by atoms with Gasteiger partial charge in [0, 0.05) is 47.3 Å². The van der Waals surface area contributed by atoms with Crippen LogP contribution in [0.1, 0.15) is 28.4 Å². The second-order valence-corrected chi connectivity index (χ2v) is 7.11. The lowest BCUT2D eigenvalue weighted by Gasteiger charge is -2.18. The summed E-state index contributed by atoms with van der Waals surface area (Å²) in [6.07, 6.45) is 5.68. The van der Waals surface area contributed by atoms with Crippen LogP contribution in [0.2, 0.25) is 0 Å². The van der Waals surface area contributed by atoms with Gasteiger partial charge in [0.15, 0.2) is 0 Å². The molecule has 0 aliphatic carbocycles. The molecule has 1 amide bonds. The summed E-state index contributed by atoms with van der Waals surface area (Å²) in [5.74, 6) is -0.134. The molecule has 9 nitrogen and oxygen atoms in total. The predicted molar refractivity (Wildman–Crippen MR) is 123 cm³/mol. The molecular weight excluding hydrogens is 422 g/mol. The number of aromatic nitrogens is 3. The van der Waals surface area contributed by atoms with E-state index in [1.165, 1.54) is 0 Å². The Morgan fingerprint density at radius 3 is 2.39 bits per heavy atom. The van der Waals surface area contributed by atoms with Crippen LogP contribution in [-0.4, -0.2) is 31.9 Å². The van der Waals surface area contributed by atoms with Gasteiger partial charge >= 0.3 is 5.97 Å². The van der Waals surface area contributed by atoms with Crippen molar-refractivity contribution in [3.05, 3.63) is 96.6 Å². The minimum Gasteiger partial charge on any atom is -0.485 e. The van der Waals surface area contributed by atoms with Crippen molar-refractivity contribution >= 4 is 29.2 Å². The molecule has 0 radical (unpaired) electrons. The average Bonchev–Trinajstić information content (AvgIpc) is 3.34. The van der Waals surface area contributed by atoms with Gasteiger partial charge in [0.2, 0.25) is 5.95 Å². The first kappa shape index (κ1) is 21.6. The zero-order chi connectivity index (χ0) is 23.0. The fourth-order valence-electron chi connectivity index (χ4n) is 3.11. The smallest absolute Gasteiger partial charge is 0.307 e. The van der Waals surface area contributed by atoms with Crippen molar-refractivity contribution in [2.75, 3.05) is 10.6 Å². The summed E-state index contributed by atoms with van der Waals surface area (Å²) in [5, 5.41) is 15.1. The fourth-order valence-corrected chi connectivity index (χ4v) is 3.11. The number of aromatic amines is 1. The highest BCUT2D eigenvalue weighted by molar-refractivity contribution is 6.04. The first-order chi connectivity index (χ1) is 16.1. The first-order valence-corrected chi connectivity index (χ1v) is 10.1. The van der Waals surface area contributed by atoms with Gasteiger partial charge in [-0.2, -0.15) is 0 Å². The molecular formula is C24H21N5O4. The molecule has 0 spiro atoms. The number of benzene rings is 2. The number of hydrogen-bond donors (Lipinski definition) is 4. The number of imidazole rings is 1. The van der Waals surface area contributed by atoms with Crippen LogP contribution in [0, 0.1) is 0 Å². The number of ether oxygens (including phenoxy) is 1. The van der Waals surface area contributed by atoms with E-state index in [4.69, 9.17) is 4.74 Å². The molecule has 0 fully saturated rings. The molecule has 33 heavy (non-hydrogen) atoms. The second-order valence-electron chi connectivity index (χ2n) is 7.11. The molecule has 0 saturated carbocycles. The Balaban J connectivity index is 1.37. The van der Waals surface area contributed by atoms with E-state index in [0.717, 1.165) is 5.69 Å². The van der Waals surface area contributed by atoms with Crippen LogP contribution in [0.25, 0.3) is 0 Å². The van der Waals surface area contributed by atoms with Crippen molar-refractivity contribution in [2.45, 2.75) is 12.5 Å². The second kappa shape index (κ2) is 10.1. The lowest BCUT2D eigenvalue weighted by Crippen LogP contribution is -2.13. The molecule has 1 unspecified atom stereocenters. The van der Waals surface area contributed by atoms with Crippen LogP contribution in [0.15, 0.2) is 85.5 Å². The van der Waals surface area contributed by atoms with Gasteiger partial charge in [0.1, 0.15) is 11.9 Å². The van der Waals surface area contributed by atoms with Crippen molar-refractivity contribution in [1.82, 2.24) is 15.0 Å². The van der Waals surface area contributed by atoms with Crippen LogP contribution in [0.5, 0.6) is 5.75 Å². The van der Waals surface area contributed by atoms with E-state index in [1.54, 1.807) is 85.5 Å². The molecule has 2 aromatic carbocycles. The monoisotopic (exact) mass is 443 g/mol. The number of nitrogens with one attached hydrogen (secondary N) is 3. The topological polar surface area (TPSA) is 129 Å². The van der Waals surface area contributed by atoms with E-state index >= 15 is 0 Å². The highest BCUT2D eigenvalue weighted by atomic mass is 16.5. The van der Waals surface area contributed by atoms with Crippen LogP contribution in [0.4, 0.5) is 17.3 Å². The van der Waals surface area contributed by atoms with Gasteiger partial charge in [-0.3, -0.25) is 14.6 Å². The third-order valence-corrected chi connectivity index (χ3v) is 4.71. The van der Waals surface area contributed by atoms with Gasteiger partial charge in [-0.1, -0.05) is 6.07 Å². The zero-order valence-corrected chi connectivity index (χ0v) is 17.4. The number of carbonyl (C=O) groups excluding carboxylic acids is 1. The molecule has 0 aliphatic rings. The number of carbonyl (C=O) groups is 2. The predicted octanol–water partition coefficient (Wildman–Crippen LogP) is 4.40. The Hall–Kier alpha value is -4.66. The standard InChI is InChI=1S/C24H21N5O4/c30-22(31)14-21(17-2-1-11-25-15-17)33-20-9-7-18(8-10-20)28-23(32)16-3-5-19(6-4-16)29-24-26-12-13-27-24/h1-13,15,21H,14H2,(H,28,32)(H,30,31)(H2,26,27,29). The van der Waals surface area contributed by atoms with Crippen LogP contribution in [0.3, 0.4) is 0 Å². The molecule has 4 N–H and O–H groups in total. The van der Waals surface area contributed by atoms with E-state index < -0.39 is 12.1 Å². The maximum Gasteiger partial charge on any atom is 0.307 e. The minimum absolute atomic E-state index is 0.199. The summed E-state index contributed by atoms with van der Waals surface area (Å²) in [5.41, 5.74) is 2.55. The number of nitrogens with zero attached hydrogens (tertiary/aromatic N) is 2. The molecule has 4 aromatic rings. The quantitative estimate of drug-likeness (QED) is 0.302. The Bertz CT molecular complexity index is 1190. The van der Waals surface area contributed by atoms with Crippen molar-refractivity contribution in [1.29, 1.82) is 0 Å². The van der Waals surface area contributed by atoms with E-state index in [9.17, 15) is 14.7 Å². The van der Waals surface area contributed by atoms with Gasteiger partial charge in [-0.05, 0) is 54.6 Å². The Kier molecular flexibility index (Phi) is 6.60. The number of amides is 1. The number of H-pyrrole nitrogens is 1. The highest BCUT2D eigenvalue weighted by Crippen LogP contribution is 2.26. The van der Waals surface area contributed by atoms with Crippen LogP contribution < -0.4 is 15.4 Å². The van der Waals surface area contributed by atoms with Gasteiger partial charge in [-0.15, -0.1) is 0 Å². The molecule has 0 aliphatic heterocycles. The van der Waals surface area contributed by atoms with Crippen molar-refractivity contribution < 1.29 is 19.4 Å².